The average molecular weight is 224 g/mol. The Bertz CT molecular complexity index is 280. The van der Waals surface area contributed by atoms with E-state index in [1.54, 1.807) is 14.2 Å². The largest absolute Gasteiger partial charge is 0.383 e. The van der Waals surface area contributed by atoms with Gasteiger partial charge in [-0.15, -0.1) is 0 Å². The lowest BCUT2D eigenvalue weighted by Gasteiger charge is -2.23. The van der Waals surface area contributed by atoms with E-state index in [0.717, 1.165) is 24.5 Å². The zero-order chi connectivity index (χ0) is 11.8. The van der Waals surface area contributed by atoms with E-state index >= 15 is 0 Å². The summed E-state index contributed by atoms with van der Waals surface area (Å²) >= 11 is 0. The Balaban J connectivity index is 2.62. The van der Waals surface area contributed by atoms with Crippen LogP contribution in [0.1, 0.15) is 5.69 Å². The summed E-state index contributed by atoms with van der Waals surface area (Å²) in [6.07, 6.45) is 1.89. The van der Waals surface area contributed by atoms with Gasteiger partial charge in [-0.2, -0.15) is 0 Å². The summed E-state index contributed by atoms with van der Waals surface area (Å²) in [4.78, 5) is 6.50. The number of methoxy groups -OCH3 is 2. The Labute approximate surface area is 97.2 Å². The second-order valence-corrected chi connectivity index (χ2v) is 3.63. The second kappa shape index (κ2) is 7.19. The van der Waals surface area contributed by atoms with Crippen molar-refractivity contribution in [2.24, 2.45) is 0 Å². The van der Waals surface area contributed by atoms with E-state index < -0.39 is 0 Å². The number of pyridine rings is 1. The number of hydrogen-bond donors (Lipinski definition) is 0. The van der Waals surface area contributed by atoms with E-state index in [2.05, 4.69) is 16.0 Å². The van der Waals surface area contributed by atoms with Crippen molar-refractivity contribution in [1.29, 1.82) is 0 Å². The number of hydrogen-bond acceptors (Lipinski definition) is 4. The third-order valence-corrected chi connectivity index (χ3v) is 2.39. The molecule has 0 radical (unpaired) electrons. The number of aryl methyl sites for hydroxylation is 1. The number of anilines is 1. The summed E-state index contributed by atoms with van der Waals surface area (Å²) in [5, 5.41) is 0. The van der Waals surface area contributed by atoms with Crippen LogP contribution >= 0.6 is 0 Å². The molecule has 16 heavy (non-hydrogen) atoms. The van der Waals surface area contributed by atoms with Gasteiger partial charge in [-0.25, -0.2) is 0 Å². The molecule has 4 heteroatoms. The first-order valence-electron chi connectivity index (χ1n) is 5.43. The van der Waals surface area contributed by atoms with Gasteiger partial charge >= 0.3 is 0 Å². The molecular formula is C12H20N2O2. The molecule has 0 spiro atoms. The Morgan fingerprint density at radius 1 is 1.12 bits per heavy atom. The van der Waals surface area contributed by atoms with Gasteiger partial charge in [0.05, 0.1) is 25.1 Å². The average Bonchev–Trinajstić information content (AvgIpc) is 2.31. The first-order valence-corrected chi connectivity index (χ1v) is 5.43. The number of aromatic nitrogens is 1. The smallest absolute Gasteiger partial charge is 0.0637 e. The molecule has 0 aliphatic heterocycles. The highest BCUT2D eigenvalue weighted by Gasteiger charge is 2.05. The number of ether oxygens (including phenoxy) is 2. The first-order chi connectivity index (χ1) is 7.77. The summed E-state index contributed by atoms with van der Waals surface area (Å²) in [7, 11) is 3.42. The minimum absolute atomic E-state index is 0.706. The van der Waals surface area contributed by atoms with Crippen molar-refractivity contribution in [1.82, 2.24) is 4.98 Å². The van der Waals surface area contributed by atoms with Crippen LogP contribution in [0.15, 0.2) is 18.3 Å². The van der Waals surface area contributed by atoms with Crippen molar-refractivity contribution in [2.45, 2.75) is 6.92 Å². The molecule has 1 heterocycles. The first kappa shape index (κ1) is 12.9. The van der Waals surface area contributed by atoms with Crippen molar-refractivity contribution in [2.75, 3.05) is 45.4 Å². The van der Waals surface area contributed by atoms with Crippen LogP contribution in [-0.4, -0.2) is 45.5 Å². The van der Waals surface area contributed by atoms with Gasteiger partial charge in [0.1, 0.15) is 0 Å². The Hall–Kier alpha value is -1.13. The highest BCUT2D eigenvalue weighted by Crippen LogP contribution is 2.12. The van der Waals surface area contributed by atoms with E-state index in [9.17, 15) is 0 Å². The maximum atomic E-state index is 5.09. The summed E-state index contributed by atoms with van der Waals surface area (Å²) in [6, 6.07) is 4.09. The fourth-order valence-corrected chi connectivity index (χ4v) is 1.42. The lowest BCUT2D eigenvalue weighted by Crippen LogP contribution is -2.30. The minimum Gasteiger partial charge on any atom is -0.383 e. The Kier molecular flexibility index (Phi) is 5.82. The molecule has 0 unspecified atom stereocenters. The lowest BCUT2D eigenvalue weighted by atomic mass is 10.3. The van der Waals surface area contributed by atoms with Gasteiger partial charge in [0.15, 0.2) is 0 Å². The molecule has 0 saturated carbocycles. The summed E-state index contributed by atoms with van der Waals surface area (Å²) in [6.45, 7) is 5.10. The normalized spacial score (nSPS) is 10.4. The van der Waals surface area contributed by atoms with Gasteiger partial charge in [-0.05, 0) is 19.1 Å². The molecule has 0 saturated heterocycles. The molecule has 0 aliphatic carbocycles. The van der Waals surface area contributed by atoms with Crippen LogP contribution in [-0.2, 0) is 9.47 Å². The number of rotatable bonds is 7. The van der Waals surface area contributed by atoms with Crippen LogP contribution in [0.4, 0.5) is 5.69 Å². The van der Waals surface area contributed by atoms with Gasteiger partial charge in [0.2, 0.25) is 0 Å². The lowest BCUT2D eigenvalue weighted by molar-refractivity contribution is 0.190. The summed E-state index contributed by atoms with van der Waals surface area (Å²) in [5.41, 5.74) is 2.14. The molecule has 0 aliphatic rings. The monoisotopic (exact) mass is 224 g/mol. The Morgan fingerprint density at radius 3 is 2.19 bits per heavy atom. The van der Waals surface area contributed by atoms with Crippen LogP contribution in [0.2, 0.25) is 0 Å². The molecule has 1 aromatic heterocycles. The molecule has 0 aromatic carbocycles. The third kappa shape index (κ3) is 4.16. The zero-order valence-corrected chi connectivity index (χ0v) is 10.3. The van der Waals surface area contributed by atoms with Gasteiger partial charge < -0.3 is 14.4 Å². The van der Waals surface area contributed by atoms with E-state index in [0.29, 0.717) is 13.2 Å². The van der Waals surface area contributed by atoms with E-state index in [-0.39, 0.29) is 0 Å². The fourth-order valence-electron chi connectivity index (χ4n) is 1.42. The quantitative estimate of drug-likeness (QED) is 0.703. The number of nitrogens with zero attached hydrogens (tertiary/aromatic N) is 2. The van der Waals surface area contributed by atoms with Crippen molar-refractivity contribution >= 4 is 5.69 Å². The topological polar surface area (TPSA) is 34.6 Å². The maximum absolute atomic E-state index is 5.09. The van der Waals surface area contributed by atoms with Crippen LogP contribution in [0.5, 0.6) is 0 Å². The van der Waals surface area contributed by atoms with Crippen LogP contribution in [0.25, 0.3) is 0 Å². The second-order valence-electron chi connectivity index (χ2n) is 3.63. The van der Waals surface area contributed by atoms with Gasteiger partial charge in [0, 0.05) is 33.0 Å². The van der Waals surface area contributed by atoms with Gasteiger partial charge in [-0.1, -0.05) is 0 Å². The molecule has 1 rings (SSSR count). The zero-order valence-electron chi connectivity index (χ0n) is 10.3. The molecular weight excluding hydrogens is 204 g/mol. The van der Waals surface area contributed by atoms with E-state index in [4.69, 9.17) is 9.47 Å². The summed E-state index contributed by atoms with van der Waals surface area (Å²) in [5.74, 6) is 0. The van der Waals surface area contributed by atoms with E-state index in [1.165, 1.54) is 0 Å². The van der Waals surface area contributed by atoms with Crippen molar-refractivity contribution < 1.29 is 9.47 Å². The molecule has 0 bridgehead atoms. The Morgan fingerprint density at radius 2 is 1.75 bits per heavy atom. The van der Waals surface area contributed by atoms with Gasteiger partial charge in [0.25, 0.3) is 0 Å². The molecule has 90 valence electrons. The molecule has 0 amide bonds. The molecule has 0 atom stereocenters. The standard InChI is InChI=1S/C12H20N2O2/c1-11-4-5-12(10-13-11)14(6-8-15-2)7-9-16-3/h4-5,10H,6-9H2,1-3H3. The summed E-state index contributed by atoms with van der Waals surface area (Å²) < 4.78 is 10.2. The van der Waals surface area contributed by atoms with Crippen LogP contribution in [0.3, 0.4) is 0 Å². The molecule has 0 N–H and O–H groups in total. The van der Waals surface area contributed by atoms with Gasteiger partial charge in [-0.3, -0.25) is 4.98 Å². The maximum Gasteiger partial charge on any atom is 0.0637 e. The van der Waals surface area contributed by atoms with E-state index in [1.807, 2.05) is 19.2 Å². The highest BCUT2D eigenvalue weighted by molar-refractivity contribution is 5.44. The predicted molar refractivity (Wildman–Crippen MR) is 64.9 cm³/mol. The molecule has 1 aromatic rings. The minimum atomic E-state index is 0.706. The SMILES string of the molecule is COCCN(CCOC)c1ccc(C)nc1. The third-order valence-electron chi connectivity index (χ3n) is 2.39. The van der Waals surface area contributed by atoms with Crippen LogP contribution < -0.4 is 4.90 Å². The molecule has 0 fully saturated rings. The highest BCUT2D eigenvalue weighted by atomic mass is 16.5. The van der Waals surface area contributed by atoms with Crippen molar-refractivity contribution in [3.63, 3.8) is 0 Å². The van der Waals surface area contributed by atoms with Crippen molar-refractivity contribution in [3.8, 4) is 0 Å². The fraction of sp³-hybridized carbons (Fsp3) is 0.583. The predicted octanol–water partition coefficient (Wildman–Crippen LogP) is 1.49. The van der Waals surface area contributed by atoms with Crippen LogP contribution in [0, 0.1) is 6.92 Å². The van der Waals surface area contributed by atoms with Crippen molar-refractivity contribution in [3.05, 3.63) is 24.0 Å². The molecule has 4 nitrogen and oxygen atoms in total.